The van der Waals surface area contributed by atoms with Crippen molar-refractivity contribution in [3.63, 3.8) is 0 Å². The summed E-state index contributed by atoms with van der Waals surface area (Å²) >= 11 is 4.67. The van der Waals surface area contributed by atoms with Crippen molar-refractivity contribution >= 4 is 45.3 Å². The molecule has 2 heterocycles. The smallest absolute Gasteiger partial charge is 0.308 e. The normalized spacial score (nSPS) is 14.6. The van der Waals surface area contributed by atoms with Crippen LogP contribution in [0.1, 0.15) is 25.6 Å². The number of ether oxygens (including phenoxy) is 1. The zero-order valence-corrected chi connectivity index (χ0v) is 19.2. The minimum Gasteiger partial charge on any atom is -0.854 e. The summed E-state index contributed by atoms with van der Waals surface area (Å²) in [6.45, 7) is 2.78. The van der Waals surface area contributed by atoms with Crippen LogP contribution in [-0.4, -0.2) is 28.2 Å². The molecule has 8 nitrogen and oxygen atoms in total. The van der Waals surface area contributed by atoms with Gasteiger partial charge in [-0.25, -0.2) is 9.88 Å². The van der Waals surface area contributed by atoms with E-state index >= 15 is 0 Å². The summed E-state index contributed by atoms with van der Waals surface area (Å²) in [5.74, 6) is -0.731. The number of amides is 1. The monoisotopic (exact) mass is 500 g/mol. The molecular formula is C21H17BrN4O4S. The van der Waals surface area contributed by atoms with Crippen LogP contribution < -0.4 is 19.4 Å². The molecule has 1 aromatic heterocycles. The van der Waals surface area contributed by atoms with Crippen molar-refractivity contribution in [2.75, 3.05) is 11.2 Å². The summed E-state index contributed by atoms with van der Waals surface area (Å²) in [4.78, 5) is 29.8. The molecule has 1 aliphatic heterocycles. The van der Waals surface area contributed by atoms with Gasteiger partial charge in [-0.3, -0.25) is 9.59 Å². The van der Waals surface area contributed by atoms with E-state index in [4.69, 9.17) is 4.74 Å². The van der Waals surface area contributed by atoms with Crippen LogP contribution in [0.3, 0.4) is 0 Å². The van der Waals surface area contributed by atoms with Gasteiger partial charge >= 0.3 is 5.97 Å². The summed E-state index contributed by atoms with van der Waals surface area (Å²) in [6.07, 6.45) is 1.05. The van der Waals surface area contributed by atoms with Crippen molar-refractivity contribution in [1.82, 2.24) is 10.1 Å². The number of thioether (sulfide) groups is 1. The number of halogens is 1. The second kappa shape index (κ2) is 8.27. The van der Waals surface area contributed by atoms with E-state index < -0.39 is 18.0 Å². The number of nitrogens with zero attached hydrogens (tertiary/aromatic N) is 4. The number of carbonyl (C=O) groups excluding carboxylic acids is 2. The molecule has 0 spiro atoms. The molecule has 31 heavy (non-hydrogen) atoms. The Morgan fingerprint density at radius 3 is 2.61 bits per heavy atom. The molecule has 2 aromatic carbocycles. The first-order valence-corrected chi connectivity index (χ1v) is 11.3. The van der Waals surface area contributed by atoms with Gasteiger partial charge in [0.1, 0.15) is 5.75 Å². The van der Waals surface area contributed by atoms with Gasteiger partial charge in [0.2, 0.25) is 5.91 Å². The molecule has 1 unspecified atom stereocenters. The third-order valence-electron chi connectivity index (χ3n) is 4.75. The maximum Gasteiger partial charge on any atom is 0.308 e. The van der Waals surface area contributed by atoms with Crippen molar-refractivity contribution in [2.24, 2.45) is 0 Å². The quantitative estimate of drug-likeness (QED) is 0.236. The van der Waals surface area contributed by atoms with Crippen molar-refractivity contribution < 1.29 is 24.1 Å². The maximum atomic E-state index is 12.9. The summed E-state index contributed by atoms with van der Waals surface area (Å²) in [7, 11) is 0. The van der Waals surface area contributed by atoms with Gasteiger partial charge in [-0.15, -0.1) is 0 Å². The van der Waals surface area contributed by atoms with Gasteiger partial charge in [-0.1, -0.05) is 28.6 Å². The molecule has 1 atom stereocenters. The highest BCUT2D eigenvalue weighted by Crippen LogP contribution is 2.41. The van der Waals surface area contributed by atoms with Crippen LogP contribution in [0.4, 0.5) is 5.69 Å². The highest BCUT2D eigenvalue weighted by atomic mass is 79.9. The minimum atomic E-state index is -0.730. The summed E-state index contributed by atoms with van der Waals surface area (Å²) < 4.78 is 7.26. The Bertz CT molecular complexity index is 1220. The predicted molar refractivity (Wildman–Crippen MR) is 116 cm³/mol. The number of benzene rings is 2. The Hall–Kier alpha value is -2.98. The molecule has 3 aromatic rings. The number of esters is 1. The first-order valence-electron chi connectivity index (χ1n) is 9.23. The molecule has 0 fully saturated rings. The summed E-state index contributed by atoms with van der Waals surface area (Å²) in [5, 5.41) is 17.8. The van der Waals surface area contributed by atoms with Crippen LogP contribution in [0.2, 0.25) is 0 Å². The Morgan fingerprint density at radius 1 is 1.23 bits per heavy atom. The molecular weight excluding hydrogens is 484 g/mol. The lowest BCUT2D eigenvalue weighted by molar-refractivity contribution is -0.764. The first kappa shape index (κ1) is 21.3. The van der Waals surface area contributed by atoms with Crippen LogP contribution in [-0.2, 0) is 9.59 Å². The zero-order chi connectivity index (χ0) is 22.3. The molecule has 158 valence electrons. The molecule has 1 amide bonds. The third kappa shape index (κ3) is 3.77. The molecule has 0 saturated heterocycles. The number of fused-ring (bicyclic) bond motifs is 3. The number of hydrogen-bond donors (Lipinski definition) is 0. The number of aromatic nitrogens is 3. The lowest BCUT2D eigenvalue weighted by Gasteiger charge is -2.33. The van der Waals surface area contributed by atoms with Crippen molar-refractivity contribution in [3.05, 3.63) is 52.5 Å². The SMILES string of the molecule is CSc1nc([O-])c2[n+](n1)C(c1ccc(OC(C)=O)c(Br)c1)N(C(C)=O)c1ccccc1-2. The number of rotatable bonds is 3. The number of para-hydroxylation sites is 1. The highest BCUT2D eigenvalue weighted by molar-refractivity contribution is 9.10. The number of anilines is 1. The van der Waals surface area contributed by atoms with Gasteiger partial charge < -0.3 is 9.84 Å². The second-order valence-electron chi connectivity index (χ2n) is 6.76. The number of carbonyl (C=O) groups is 2. The van der Waals surface area contributed by atoms with E-state index in [-0.39, 0.29) is 5.91 Å². The van der Waals surface area contributed by atoms with Crippen molar-refractivity contribution in [2.45, 2.75) is 25.2 Å². The van der Waals surface area contributed by atoms with Gasteiger partial charge in [0.15, 0.2) is 0 Å². The minimum absolute atomic E-state index is 0.215. The lowest BCUT2D eigenvalue weighted by Crippen LogP contribution is -2.58. The Morgan fingerprint density at radius 2 is 1.97 bits per heavy atom. The van der Waals surface area contributed by atoms with E-state index in [0.717, 1.165) is 0 Å². The van der Waals surface area contributed by atoms with E-state index in [0.29, 0.717) is 37.9 Å². The Balaban J connectivity index is 1.99. The Labute approximate surface area is 191 Å². The molecule has 4 rings (SSSR count). The summed E-state index contributed by atoms with van der Waals surface area (Å²) in [6, 6.07) is 12.3. The van der Waals surface area contributed by atoms with Crippen LogP contribution >= 0.6 is 27.7 Å². The topological polar surface area (TPSA) is 99.3 Å². The van der Waals surface area contributed by atoms with Gasteiger partial charge in [-0.2, -0.15) is 0 Å². The first-order chi connectivity index (χ1) is 14.8. The van der Waals surface area contributed by atoms with Gasteiger partial charge in [-0.05, 0) is 52.5 Å². The van der Waals surface area contributed by atoms with E-state index in [1.807, 2.05) is 6.07 Å². The van der Waals surface area contributed by atoms with Crippen LogP contribution in [0, 0.1) is 0 Å². The predicted octanol–water partition coefficient (Wildman–Crippen LogP) is 2.83. The molecule has 0 radical (unpaired) electrons. The van der Waals surface area contributed by atoms with Gasteiger partial charge in [0.25, 0.3) is 17.0 Å². The average molecular weight is 501 g/mol. The fraction of sp³-hybridized carbons (Fsp3) is 0.190. The van der Waals surface area contributed by atoms with Crippen LogP contribution in [0.5, 0.6) is 11.6 Å². The van der Waals surface area contributed by atoms with Crippen molar-refractivity contribution in [1.29, 1.82) is 0 Å². The molecule has 0 saturated carbocycles. The fourth-order valence-electron chi connectivity index (χ4n) is 3.58. The fourth-order valence-corrected chi connectivity index (χ4v) is 4.40. The molecule has 0 bridgehead atoms. The van der Waals surface area contributed by atoms with E-state index in [9.17, 15) is 14.7 Å². The molecule has 0 N–H and O–H groups in total. The van der Waals surface area contributed by atoms with Crippen LogP contribution in [0.15, 0.2) is 52.1 Å². The second-order valence-corrected chi connectivity index (χ2v) is 8.39. The van der Waals surface area contributed by atoms with Crippen molar-refractivity contribution in [3.8, 4) is 22.9 Å². The third-order valence-corrected chi connectivity index (χ3v) is 5.90. The zero-order valence-electron chi connectivity index (χ0n) is 16.8. The van der Waals surface area contributed by atoms with E-state index in [1.54, 1.807) is 47.6 Å². The Kier molecular flexibility index (Phi) is 5.67. The highest BCUT2D eigenvalue weighted by Gasteiger charge is 2.44. The molecule has 1 aliphatic rings. The summed E-state index contributed by atoms with van der Waals surface area (Å²) in [5.41, 5.74) is 2.15. The van der Waals surface area contributed by atoms with Gasteiger partial charge in [0.05, 0.1) is 21.6 Å². The van der Waals surface area contributed by atoms with E-state index in [2.05, 4.69) is 26.0 Å². The largest absolute Gasteiger partial charge is 0.854 e. The number of hydrogen-bond acceptors (Lipinski definition) is 7. The maximum absolute atomic E-state index is 12.9. The van der Waals surface area contributed by atoms with Crippen LogP contribution in [0.25, 0.3) is 11.3 Å². The standard InChI is InChI=1S/C21H17BrN4O4S/c1-11(27)25-16-7-5-4-6-14(16)18-19(29)23-21(31-3)24-26(18)20(25)13-8-9-17(15(22)10-13)30-12(2)28/h4-10,20H,1-3H3. The van der Waals surface area contributed by atoms with Gasteiger partial charge in [0, 0.05) is 24.5 Å². The average Bonchev–Trinajstić information content (AvgIpc) is 2.73. The lowest BCUT2D eigenvalue weighted by atomic mass is 10.0. The molecule has 0 aliphatic carbocycles. The molecule has 10 heteroatoms. The van der Waals surface area contributed by atoms with E-state index in [1.165, 1.54) is 30.3 Å².